The minimum absolute atomic E-state index is 0.621. The molecule has 0 saturated heterocycles. The molecule has 0 aliphatic carbocycles. The van der Waals surface area contributed by atoms with Gasteiger partial charge in [0.2, 0.25) is 5.78 Å². The van der Waals surface area contributed by atoms with Crippen LogP contribution < -0.4 is 0 Å². The zero-order valence-corrected chi connectivity index (χ0v) is 8.12. The Bertz CT molecular complexity index is 378. The average molecular weight is 271 g/mol. The molecule has 0 atom stereocenters. The summed E-state index contributed by atoms with van der Waals surface area (Å²) in [7, 11) is 0. The predicted octanol–water partition coefficient (Wildman–Crippen LogP) is 3.18. The van der Waals surface area contributed by atoms with E-state index < -0.39 is 33.9 Å². The molecular formula is C8H3BrF4O. The SMILES string of the molecule is O=C(c1ccc(F)c(Br)c1F)C(F)F. The van der Waals surface area contributed by atoms with Gasteiger partial charge in [0.25, 0.3) is 0 Å². The number of alkyl halides is 2. The Hall–Kier alpha value is -0.910. The first kappa shape index (κ1) is 11.2. The van der Waals surface area contributed by atoms with Crippen LogP contribution >= 0.6 is 15.9 Å². The molecular weight excluding hydrogens is 268 g/mol. The van der Waals surface area contributed by atoms with Crippen LogP contribution in [0.4, 0.5) is 17.6 Å². The number of rotatable bonds is 2. The Morgan fingerprint density at radius 1 is 1.29 bits per heavy atom. The fraction of sp³-hybridized carbons (Fsp3) is 0.125. The Morgan fingerprint density at radius 3 is 2.36 bits per heavy atom. The van der Waals surface area contributed by atoms with Crippen LogP contribution in [0.1, 0.15) is 10.4 Å². The lowest BCUT2D eigenvalue weighted by molar-refractivity contribution is 0.0674. The maximum absolute atomic E-state index is 13.0. The molecule has 0 saturated carbocycles. The van der Waals surface area contributed by atoms with Gasteiger partial charge < -0.3 is 0 Å². The van der Waals surface area contributed by atoms with Gasteiger partial charge in [-0.3, -0.25) is 4.79 Å². The van der Waals surface area contributed by atoms with Gasteiger partial charge in [0.1, 0.15) is 5.82 Å². The Morgan fingerprint density at radius 2 is 1.86 bits per heavy atom. The smallest absolute Gasteiger partial charge is 0.288 e. The van der Waals surface area contributed by atoms with Crippen LogP contribution in [0.15, 0.2) is 16.6 Å². The molecule has 0 aliphatic rings. The number of benzene rings is 1. The van der Waals surface area contributed by atoms with E-state index in [1.165, 1.54) is 0 Å². The summed E-state index contributed by atoms with van der Waals surface area (Å²) in [5.41, 5.74) is -0.826. The van der Waals surface area contributed by atoms with Crippen LogP contribution in [0, 0.1) is 11.6 Å². The molecule has 0 spiro atoms. The second-order valence-electron chi connectivity index (χ2n) is 2.39. The van der Waals surface area contributed by atoms with E-state index in [1.807, 2.05) is 0 Å². The van der Waals surface area contributed by atoms with E-state index in [2.05, 4.69) is 15.9 Å². The third kappa shape index (κ3) is 1.95. The molecule has 1 aromatic rings. The molecule has 1 rings (SSSR count). The zero-order chi connectivity index (χ0) is 10.9. The lowest BCUT2D eigenvalue weighted by Crippen LogP contribution is -2.12. The monoisotopic (exact) mass is 270 g/mol. The van der Waals surface area contributed by atoms with Gasteiger partial charge in [0, 0.05) is 0 Å². The summed E-state index contributed by atoms with van der Waals surface area (Å²) in [6, 6.07) is 1.42. The van der Waals surface area contributed by atoms with Crippen LogP contribution in [-0.2, 0) is 0 Å². The van der Waals surface area contributed by atoms with Crippen molar-refractivity contribution in [1.82, 2.24) is 0 Å². The number of carbonyl (C=O) groups excluding carboxylic acids is 1. The summed E-state index contributed by atoms with van der Waals surface area (Å²) in [5, 5.41) is 0. The molecule has 6 heteroatoms. The van der Waals surface area contributed by atoms with Crippen LogP contribution in [0.25, 0.3) is 0 Å². The number of hydrogen-bond acceptors (Lipinski definition) is 1. The minimum atomic E-state index is -3.30. The van der Waals surface area contributed by atoms with Crippen molar-refractivity contribution in [3.05, 3.63) is 33.8 Å². The van der Waals surface area contributed by atoms with Crippen LogP contribution in [0.5, 0.6) is 0 Å². The quantitative estimate of drug-likeness (QED) is 0.458. The highest BCUT2D eigenvalue weighted by Crippen LogP contribution is 2.23. The first-order valence-corrected chi connectivity index (χ1v) is 4.20. The molecule has 0 bridgehead atoms. The molecule has 0 aliphatic heterocycles. The predicted molar refractivity (Wildman–Crippen MR) is 44.4 cm³/mol. The fourth-order valence-corrected chi connectivity index (χ4v) is 1.18. The fourth-order valence-electron chi connectivity index (χ4n) is 0.834. The van der Waals surface area contributed by atoms with Gasteiger partial charge >= 0.3 is 6.43 Å². The Balaban J connectivity index is 3.24. The number of halogens is 5. The highest BCUT2D eigenvalue weighted by molar-refractivity contribution is 9.10. The molecule has 0 N–H and O–H groups in total. The topological polar surface area (TPSA) is 17.1 Å². The minimum Gasteiger partial charge on any atom is -0.288 e. The highest BCUT2D eigenvalue weighted by Gasteiger charge is 2.23. The summed E-state index contributed by atoms with van der Waals surface area (Å²) in [6.07, 6.45) is -3.30. The summed E-state index contributed by atoms with van der Waals surface area (Å²) in [5.74, 6) is -3.92. The number of ketones is 1. The molecule has 76 valence electrons. The van der Waals surface area contributed by atoms with Crippen molar-refractivity contribution in [2.45, 2.75) is 6.43 Å². The van der Waals surface area contributed by atoms with Crippen LogP contribution in [0.2, 0.25) is 0 Å². The third-order valence-electron chi connectivity index (χ3n) is 1.50. The van der Waals surface area contributed by atoms with Gasteiger partial charge in [-0.25, -0.2) is 17.6 Å². The van der Waals surface area contributed by atoms with E-state index >= 15 is 0 Å². The summed E-state index contributed by atoms with van der Waals surface area (Å²) < 4.78 is 48.9. The van der Waals surface area contributed by atoms with Gasteiger partial charge in [0.15, 0.2) is 5.82 Å². The first-order valence-electron chi connectivity index (χ1n) is 3.41. The molecule has 0 radical (unpaired) electrons. The summed E-state index contributed by atoms with van der Waals surface area (Å²) in [4.78, 5) is 10.7. The highest BCUT2D eigenvalue weighted by atomic mass is 79.9. The largest absolute Gasteiger partial charge is 0.300 e. The van der Waals surface area contributed by atoms with Crippen molar-refractivity contribution in [3.8, 4) is 0 Å². The summed E-state index contributed by atoms with van der Waals surface area (Å²) >= 11 is 2.50. The number of hydrogen-bond donors (Lipinski definition) is 0. The molecule has 1 nitrogen and oxygen atoms in total. The maximum Gasteiger partial charge on any atom is 0.300 e. The maximum atomic E-state index is 13.0. The second-order valence-corrected chi connectivity index (χ2v) is 3.18. The second kappa shape index (κ2) is 4.08. The van der Waals surface area contributed by atoms with Crippen molar-refractivity contribution in [3.63, 3.8) is 0 Å². The normalized spacial score (nSPS) is 10.7. The van der Waals surface area contributed by atoms with E-state index in [1.54, 1.807) is 0 Å². The lowest BCUT2D eigenvalue weighted by Gasteiger charge is -2.03. The van der Waals surface area contributed by atoms with E-state index in [0.717, 1.165) is 6.07 Å². The van der Waals surface area contributed by atoms with Gasteiger partial charge in [-0.15, -0.1) is 0 Å². The lowest BCUT2D eigenvalue weighted by atomic mass is 10.1. The van der Waals surface area contributed by atoms with Gasteiger partial charge in [-0.1, -0.05) is 0 Å². The van der Waals surface area contributed by atoms with Gasteiger partial charge in [-0.05, 0) is 28.1 Å². The molecule has 0 aromatic heterocycles. The van der Waals surface area contributed by atoms with Crippen molar-refractivity contribution in [1.29, 1.82) is 0 Å². The van der Waals surface area contributed by atoms with E-state index in [4.69, 9.17) is 0 Å². The van der Waals surface area contributed by atoms with E-state index in [0.29, 0.717) is 6.07 Å². The zero-order valence-electron chi connectivity index (χ0n) is 6.53. The molecule has 0 amide bonds. The van der Waals surface area contributed by atoms with E-state index in [-0.39, 0.29) is 0 Å². The van der Waals surface area contributed by atoms with E-state index in [9.17, 15) is 22.4 Å². The molecule has 0 heterocycles. The number of Topliss-reactive ketones (excluding diaryl/α,β-unsaturated/α-hetero) is 1. The molecule has 1 aromatic carbocycles. The molecule has 0 unspecified atom stereocenters. The van der Waals surface area contributed by atoms with Crippen molar-refractivity contribution < 1.29 is 22.4 Å². The molecule has 14 heavy (non-hydrogen) atoms. The first-order chi connectivity index (χ1) is 6.45. The average Bonchev–Trinajstić information content (AvgIpc) is 2.13. The number of carbonyl (C=O) groups is 1. The third-order valence-corrected chi connectivity index (χ3v) is 2.23. The van der Waals surface area contributed by atoms with Crippen molar-refractivity contribution in [2.75, 3.05) is 0 Å². The summed E-state index contributed by atoms with van der Waals surface area (Å²) in [6.45, 7) is 0. The Labute approximate surface area is 84.9 Å². The van der Waals surface area contributed by atoms with Gasteiger partial charge in [0.05, 0.1) is 10.0 Å². The van der Waals surface area contributed by atoms with Crippen molar-refractivity contribution in [2.24, 2.45) is 0 Å². The Kier molecular flexibility index (Phi) is 3.25. The standard InChI is InChI=1S/C8H3BrF4O/c9-5-4(10)2-1-3(6(5)11)7(14)8(12)13/h1-2,8H. The van der Waals surface area contributed by atoms with Crippen molar-refractivity contribution >= 4 is 21.7 Å². The van der Waals surface area contributed by atoms with Crippen LogP contribution in [-0.4, -0.2) is 12.2 Å². The molecule has 0 fully saturated rings. The van der Waals surface area contributed by atoms with Crippen LogP contribution in [0.3, 0.4) is 0 Å². The van der Waals surface area contributed by atoms with Gasteiger partial charge in [-0.2, -0.15) is 0 Å².